The lowest BCUT2D eigenvalue weighted by atomic mass is 10.2. The molecule has 12 heteroatoms. The van der Waals surface area contributed by atoms with Crippen LogP contribution in [0.2, 0.25) is 10.0 Å². The third kappa shape index (κ3) is 4.63. The molecule has 0 radical (unpaired) electrons. The van der Waals surface area contributed by atoms with Gasteiger partial charge in [-0.1, -0.05) is 35.3 Å². The Labute approximate surface area is 192 Å². The molecular formula is C19H13Cl2N3O4S3. The highest BCUT2D eigenvalue weighted by molar-refractivity contribution is 7.94. The molecule has 0 atom stereocenters. The maximum atomic E-state index is 13.0. The Bertz CT molecular complexity index is 1490. The summed E-state index contributed by atoms with van der Waals surface area (Å²) in [6, 6.07) is 13.4. The second-order valence-corrected chi connectivity index (χ2v) is 11.7. The summed E-state index contributed by atoms with van der Waals surface area (Å²) in [5, 5.41) is 2.37. The van der Waals surface area contributed by atoms with Crippen LogP contribution >= 0.6 is 34.5 Å². The number of hydrogen-bond acceptors (Lipinski definition) is 6. The van der Waals surface area contributed by atoms with Gasteiger partial charge in [0.25, 0.3) is 20.0 Å². The second-order valence-electron chi connectivity index (χ2n) is 6.31. The van der Waals surface area contributed by atoms with E-state index in [-0.39, 0.29) is 30.5 Å². The van der Waals surface area contributed by atoms with Gasteiger partial charge in [-0.2, -0.15) is 0 Å². The van der Waals surface area contributed by atoms with Crippen molar-refractivity contribution >= 4 is 76.9 Å². The molecule has 160 valence electrons. The number of fused-ring (bicyclic) bond motifs is 1. The number of sulfonamides is 2. The minimum absolute atomic E-state index is 0.0221. The smallest absolute Gasteiger partial charge is 0.271 e. The summed E-state index contributed by atoms with van der Waals surface area (Å²) in [5.74, 6) is 0. The van der Waals surface area contributed by atoms with E-state index < -0.39 is 20.0 Å². The van der Waals surface area contributed by atoms with Gasteiger partial charge in [-0.15, -0.1) is 11.3 Å². The molecule has 0 aliphatic heterocycles. The molecule has 0 bridgehead atoms. The standard InChI is InChI=1S/C19H13Cl2N3O4S3/c20-14-10-17(18(11-15(14)21)24-31(27,28)19-4-2-8-29-19)23-30(25,26)13-5-6-16-12(9-13)3-1-7-22-16/h1-11,23-24H. The van der Waals surface area contributed by atoms with Gasteiger partial charge < -0.3 is 0 Å². The van der Waals surface area contributed by atoms with Crippen LogP contribution in [0.1, 0.15) is 0 Å². The number of aromatic nitrogens is 1. The van der Waals surface area contributed by atoms with E-state index in [1.54, 1.807) is 35.8 Å². The number of thiophene rings is 1. The fourth-order valence-electron chi connectivity index (χ4n) is 2.75. The molecule has 0 unspecified atom stereocenters. The van der Waals surface area contributed by atoms with Crippen molar-refractivity contribution in [3.05, 3.63) is 76.2 Å². The number of hydrogen-bond donors (Lipinski definition) is 2. The quantitative estimate of drug-likeness (QED) is 0.368. The molecule has 2 N–H and O–H groups in total. The van der Waals surface area contributed by atoms with E-state index in [2.05, 4.69) is 14.4 Å². The maximum absolute atomic E-state index is 13.0. The first-order valence-corrected chi connectivity index (χ1v) is 13.2. The Hall–Kier alpha value is -2.37. The largest absolute Gasteiger partial charge is 0.277 e. The normalized spacial score (nSPS) is 12.1. The molecule has 4 aromatic rings. The van der Waals surface area contributed by atoms with Crippen LogP contribution in [-0.2, 0) is 20.0 Å². The second kappa shape index (κ2) is 8.29. The van der Waals surface area contributed by atoms with Crippen molar-refractivity contribution < 1.29 is 16.8 Å². The van der Waals surface area contributed by atoms with Gasteiger partial charge in [0.2, 0.25) is 0 Å². The molecule has 0 aliphatic carbocycles. The highest BCUT2D eigenvalue weighted by Gasteiger charge is 2.22. The van der Waals surface area contributed by atoms with Crippen LogP contribution in [0.5, 0.6) is 0 Å². The molecule has 0 spiro atoms. The highest BCUT2D eigenvalue weighted by atomic mass is 35.5. The zero-order valence-corrected chi connectivity index (χ0v) is 19.4. The fourth-order valence-corrected chi connectivity index (χ4v) is 6.25. The zero-order chi connectivity index (χ0) is 22.2. The lowest BCUT2D eigenvalue weighted by Crippen LogP contribution is -2.17. The fraction of sp³-hybridized carbons (Fsp3) is 0. The summed E-state index contributed by atoms with van der Waals surface area (Å²) in [4.78, 5) is 4.14. The molecule has 0 amide bonds. The Balaban J connectivity index is 1.74. The first-order valence-electron chi connectivity index (χ1n) is 8.59. The number of pyridine rings is 1. The van der Waals surface area contributed by atoms with Gasteiger partial charge in [-0.25, -0.2) is 16.8 Å². The number of halogens is 2. The van der Waals surface area contributed by atoms with Crippen molar-refractivity contribution in [2.24, 2.45) is 0 Å². The minimum Gasteiger partial charge on any atom is -0.277 e. The van der Waals surface area contributed by atoms with Crippen LogP contribution < -0.4 is 9.44 Å². The number of rotatable bonds is 6. The molecule has 2 aromatic heterocycles. The number of anilines is 2. The summed E-state index contributed by atoms with van der Waals surface area (Å²) in [6.07, 6.45) is 1.61. The van der Waals surface area contributed by atoms with Crippen molar-refractivity contribution in [1.29, 1.82) is 0 Å². The highest BCUT2D eigenvalue weighted by Crippen LogP contribution is 2.35. The molecule has 4 rings (SSSR count). The first kappa shape index (κ1) is 21.8. The lowest BCUT2D eigenvalue weighted by molar-refractivity contribution is 0.599. The van der Waals surface area contributed by atoms with Gasteiger partial charge in [0.15, 0.2) is 0 Å². The predicted octanol–water partition coefficient (Wildman–Crippen LogP) is 5.20. The van der Waals surface area contributed by atoms with E-state index in [9.17, 15) is 16.8 Å². The average molecular weight is 514 g/mol. The summed E-state index contributed by atoms with van der Waals surface area (Å²) in [5.41, 5.74) is 0.509. The Morgan fingerprint density at radius 1 is 0.806 bits per heavy atom. The topological polar surface area (TPSA) is 105 Å². The van der Waals surface area contributed by atoms with Crippen molar-refractivity contribution in [1.82, 2.24) is 4.98 Å². The molecule has 0 aliphatic rings. The van der Waals surface area contributed by atoms with Crippen LogP contribution in [0, 0.1) is 0 Å². The third-order valence-electron chi connectivity index (χ3n) is 4.19. The predicted molar refractivity (Wildman–Crippen MR) is 124 cm³/mol. The van der Waals surface area contributed by atoms with E-state index >= 15 is 0 Å². The van der Waals surface area contributed by atoms with Gasteiger partial charge in [0.05, 0.1) is 31.8 Å². The monoisotopic (exact) mass is 513 g/mol. The number of nitrogens with zero attached hydrogens (tertiary/aromatic N) is 1. The van der Waals surface area contributed by atoms with E-state index in [0.717, 1.165) is 11.3 Å². The molecule has 7 nitrogen and oxygen atoms in total. The maximum Gasteiger partial charge on any atom is 0.271 e. The molecular weight excluding hydrogens is 501 g/mol. The van der Waals surface area contributed by atoms with Crippen LogP contribution in [0.25, 0.3) is 10.9 Å². The Morgan fingerprint density at radius 3 is 2.13 bits per heavy atom. The van der Waals surface area contributed by atoms with Crippen molar-refractivity contribution in [3.8, 4) is 0 Å². The van der Waals surface area contributed by atoms with E-state index in [4.69, 9.17) is 23.2 Å². The van der Waals surface area contributed by atoms with E-state index in [0.29, 0.717) is 10.9 Å². The first-order chi connectivity index (χ1) is 14.7. The number of nitrogens with one attached hydrogen (secondary N) is 2. The summed E-state index contributed by atoms with van der Waals surface area (Å²) >= 11 is 13.1. The Kier molecular flexibility index (Phi) is 5.84. The van der Waals surface area contributed by atoms with Crippen molar-refractivity contribution in [2.45, 2.75) is 9.10 Å². The summed E-state index contributed by atoms with van der Waals surface area (Å²) in [6.45, 7) is 0. The molecule has 0 saturated carbocycles. The average Bonchev–Trinajstić information content (AvgIpc) is 3.27. The molecule has 2 aromatic carbocycles. The van der Waals surface area contributed by atoms with Crippen LogP contribution in [-0.4, -0.2) is 21.8 Å². The van der Waals surface area contributed by atoms with Crippen molar-refractivity contribution in [3.63, 3.8) is 0 Å². The molecule has 2 heterocycles. The molecule has 0 fully saturated rings. The Morgan fingerprint density at radius 2 is 1.48 bits per heavy atom. The van der Waals surface area contributed by atoms with Crippen LogP contribution in [0.15, 0.2) is 75.3 Å². The summed E-state index contributed by atoms with van der Waals surface area (Å²) < 4.78 is 56.1. The minimum atomic E-state index is -4.08. The zero-order valence-electron chi connectivity index (χ0n) is 15.4. The summed E-state index contributed by atoms with van der Waals surface area (Å²) in [7, 11) is -8.03. The molecule has 0 saturated heterocycles. The van der Waals surface area contributed by atoms with Crippen LogP contribution in [0.3, 0.4) is 0 Å². The third-order valence-corrected chi connectivity index (χ3v) is 9.04. The van der Waals surface area contributed by atoms with Gasteiger partial charge in [-0.05, 0) is 47.8 Å². The lowest BCUT2D eigenvalue weighted by Gasteiger charge is -2.15. The molecule has 31 heavy (non-hydrogen) atoms. The van der Waals surface area contributed by atoms with Crippen molar-refractivity contribution in [2.75, 3.05) is 9.44 Å². The van der Waals surface area contributed by atoms with E-state index in [1.807, 2.05) is 0 Å². The SMILES string of the molecule is O=S(=O)(Nc1cc(Cl)c(Cl)cc1NS(=O)(=O)c1cccs1)c1ccc2ncccc2c1. The van der Waals surface area contributed by atoms with Crippen LogP contribution in [0.4, 0.5) is 11.4 Å². The number of benzene rings is 2. The van der Waals surface area contributed by atoms with Gasteiger partial charge in [0.1, 0.15) is 4.21 Å². The van der Waals surface area contributed by atoms with Gasteiger partial charge in [-0.3, -0.25) is 14.4 Å². The van der Waals surface area contributed by atoms with E-state index in [1.165, 1.54) is 30.3 Å². The van der Waals surface area contributed by atoms with Gasteiger partial charge in [0, 0.05) is 11.6 Å². The van der Waals surface area contributed by atoms with Gasteiger partial charge >= 0.3 is 0 Å².